The molecule has 0 saturated carbocycles. The van der Waals surface area contributed by atoms with Crippen molar-refractivity contribution in [2.75, 3.05) is 14.1 Å². The Labute approximate surface area is 123 Å². The van der Waals surface area contributed by atoms with E-state index in [1.165, 1.54) is 4.90 Å². The predicted octanol–water partition coefficient (Wildman–Crippen LogP) is 3.62. The molecule has 0 aromatic heterocycles. The third-order valence-electron chi connectivity index (χ3n) is 2.78. The summed E-state index contributed by atoms with van der Waals surface area (Å²) < 4.78 is 5.69. The molecule has 0 bridgehead atoms. The standard InChI is InChI=1S/C16H16ClNO2/c1-18(2)16(19)13-6-4-8-15(10-13)20-11-12-5-3-7-14(17)9-12/h3-10H,11H2,1-2H3. The van der Waals surface area contributed by atoms with Crippen LogP contribution in [0.5, 0.6) is 5.75 Å². The molecular weight excluding hydrogens is 274 g/mol. The summed E-state index contributed by atoms with van der Waals surface area (Å²) in [6, 6.07) is 14.7. The van der Waals surface area contributed by atoms with Crippen molar-refractivity contribution in [3.63, 3.8) is 0 Å². The number of nitrogens with zero attached hydrogens (tertiary/aromatic N) is 1. The molecule has 0 aliphatic rings. The fourth-order valence-electron chi connectivity index (χ4n) is 1.77. The molecule has 0 N–H and O–H groups in total. The fraction of sp³-hybridized carbons (Fsp3) is 0.188. The molecule has 0 saturated heterocycles. The zero-order valence-electron chi connectivity index (χ0n) is 11.5. The monoisotopic (exact) mass is 289 g/mol. The SMILES string of the molecule is CN(C)C(=O)c1cccc(OCc2cccc(Cl)c2)c1. The number of hydrogen-bond acceptors (Lipinski definition) is 2. The van der Waals surface area contributed by atoms with Crippen LogP contribution in [0.4, 0.5) is 0 Å². The average molecular weight is 290 g/mol. The van der Waals surface area contributed by atoms with Crippen LogP contribution in [0.25, 0.3) is 0 Å². The molecule has 0 radical (unpaired) electrons. The van der Waals surface area contributed by atoms with Gasteiger partial charge in [0.15, 0.2) is 0 Å². The minimum atomic E-state index is -0.0433. The van der Waals surface area contributed by atoms with Gasteiger partial charge in [-0.3, -0.25) is 4.79 Å². The Balaban J connectivity index is 2.07. The first-order valence-corrected chi connectivity index (χ1v) is 6.63. The second-order valence-corrected chi connectivity index (χ2v) is 5.08. The predicted molar refractivity (Wildman–Crippen MR) is 80.2 cm³/mol. The highest BCUT2D eigenvalue weighted by Crippen LogP contribution is 2.17. The van der Waals surface area contributed by atoms with Crippen LogP contribution in [0, 0.1) is 0 Å². The van der Waals surface area contributed by atoms with Gasteiger partial charge in [0, 0.05) is 24.7 Å². The van der Waals surface area contributed by atoms with E-state index >= 15 is 0 Å². The normalized spacial score (nSPS) is 10.2. The van der Waals surface area contributed by atoms with Crippen molar-refractivity contribution in [3.05, 3.63) is 64.7 Å². The van der Waals surface area contributed by atoms with Gasteiger partial charge in [-0.25, -0.2) is 0 Å². The zero-order chi connectivity index (χ0) is 14.5. The molecule has 2 rings (SSSR count). The Morgan fingerprint density at radius 2 is 1.90 bits per heavy atom. The third kappa shape index (κ3) is 3.75. The number of carbonyl (C=O) groups excluding carboxylic acids is 1. The van der Waals surface area contributed by atoms with E-state index in [0.29, 0.717) is 22.9 Å². The smallest absolute Gasteiger partial charge is 0.253 e. The van der Waals surface area contributed by atoms with Crippen LogP contribution >= 0.6 is 11.6 Å². The second kappa shape index (κ2) is 6.44. The summed E-state index contributed by atoms with van der Waals surface area (Å²) in [5, 5.41) is 0.683. The van der Waals surface area contributed by atoms with Gasteiger partial charge >= 0.3 is 0 Å². The number of benzene rings is 2. The fourth-order valence-corrected chi connectivity index (χ4v) is 1.98. The molecule has 0 aliphatic heterocycles. The summed E-state index contributed by atoms with van der Waals surface area (Å²) in [4.78, 5) is 13.4. The molecule has 0 fully saturated rings. The lowest BCUT2D eigenvalue weighted by Gasteiger charge is -2.12. The summed E-state index contributed by atoms with van der Waals surface area (Å²) in [5.74, 6) is 0.621. The van der Waals surface area contributed by atoms with E-state index in [2.05, 4.69) is 0 Å². The van der Waals surface area contributed by atoms with Gasteiger partial charge in [-0.05, 0) is 35.9 Å². The molecule has 0 atom stereocenters. The van der Waals surface area contributed by atoms with Crippen molar-refractivity contribution < 1.29 is 9.53 Å². The van der Waals surface area contributed by atoms with E-state index in [-0.39, 0.29) is 5.91 Å². The highest BCUT2D eigenvalue weighted by atomic mass is 35.5. The third-order valence-corrected chi connectivity index (χ3v) is 3.02. The maximum absolute atomic E-state index is 11.9. The van der Waals surface area contributed by atoms with Gasteiger partial charge in [-0.2, -0.15) is 0 Å². The van der Waals surface area contributed by atoms with E-state index in [1.807, 2.05) is 36.4 Å². The largest absolute Gasteiger partial charge is 0.489 e. The van der Waals surface area contributed by atoms with Crippen LogP contribution in [-0.2, 0) is 6.61 Å². The molecule has 1 amide bonds. The van der Waals surface area contributed by atoms with E-state index < -0.39 is 0 Å². The molecule has 2 aromatic rings. The molecular formula is C16H16ClNO2. The van der Waals surface area contributed by atoms with Gasteiger partial charge in [0.1, 0.15) is 12.4 Å². The van der Waals surface area contributed by atoms with Crippen LogP contribution in [0.2, 0.25) is 5.02 Å². The number of amides is 1. The molecule has 3 nitrogen and oxygen atoms in total. The molecule has 4 heteroatoms. The number of ether oxygens (including phenoxy) is 1. The molecule has 104 valence electrons. The van der Waals surface area contributed by atoms with Crippen LogP contribution in [-0.4, -0.2) is 24.9 Å². The Kier molecular flexibility index (Phi) is 4.64. The van der Waals surface area contributed by atoms with E-state index in [0.717, 1.165) is 5.56 Å². The number of halogens is 1. The first-order valence-electron chi connectivity index (χ1n) is 6.25. The number of hydrogen-bond donors (Lipinski definition) is 0. The lowest BCUT2D eigenvalue weighted by molar-refractivity contribution is 0.0827. The molecule has 2 aromatic carbocycles. The van der Waals surface area contributed by atoms with Crippen molar-refractivity contribution in [2.45, 2.75) is 6.61 Å². The van der Waals surface area contributed by atoms with Gasteiger partial charge in [0.2, 0.25) is 0 Å². The molecule has 0 spiro atoms. The topological polar surface area (TPSA) is 29.5 Å². The van der Waals surface area contributed by atoms with Gasteiger partial charge in [0.25, 0.3) is 5.91 Å². The van der Waals surface area contributed by atoms with Gasteiger partial charge in [-0.1, -0.05) is 29.8 Å². The molecule has 0 unspecified atom stereocenters. The maximum atomic E-state index is 11.9. The Hall–Kier alpha value is -2.00. The Bertz CT molecular complexity index is 611. The lowest BCUT2D eigenvalue weighted by Crippen LogP contribution is -2.21. The maximum Gasteiger partial charge on any atom is 0.253 e. The summed E-state index contributed by atoms with van der Waals surface area (Å²) >= 11 is 5.92. The number of carbonyl (C=O) groups is 1. The minimum Gasteiger partial charge on any atom is -0.489 e. The van der Waals surface area contributed by atoms with E-state index in [4.69, 9.17) is 16.3 Å². The highest BCUT2D eigenvalue weighted by Gasteiger charge is 2.08. The van der Waals surface area contributed by atoms with Gasteiger partial charge < -0.3 is 9.64 Å². The molecule has 0 aliphatic carbocycles. The quantitative estimate of drug-likeness (QED) is 0.860. The summed E-state index contributed by atoms with van der Waals surface area (Å²) in [6.07, 6.45) is 0. The average Bonchev–Trinajstić information content (AvgIpc) is 2.44. The second-order valence-electron chi connectivity index (χ2n) is 4.65. The first kappa shape index (κ1) is 14.4. The molecule has 0 heterocycles. The minimum absolute atomic E-state index is 0.0433. The summed E-state index contributed by atoms with van der Waals surface area (Å²) in [5.41, 5.74) is 1.60. The van der Waals surface area contributed by atoms with Crippen molar-refractivity contribution in [1.29, 1.82) is 0 Å². The van der Waals surface area contributed by atoms with Crippen LogP contribution < -0.4 is 4.74 Å². The summed E-state index contributed by atoms with van der Waals surface area (Å²) in [6.45, 7) is 0.417. The van der Waals surface area contributed by atoms with Crippen molar-refractivity contribution in [1.82, 2.24) is 4.90 Å². The molecule has 20 heavy (non-hydrogen) atoms. The van der Waals surface area contributed by atoms with Crippen molar-refractivity contribution in [3.8, 4) is 5.75 Å². The van der Waals surface area contributed by atoms with Gasteiger partial charge in [-0.15, -0.1) is 0 Å². The summed E-state index contributed by atoms with van der Waals surface area (Å²) in [7, 11) is 3.45. The zero-order valence-corrected chi connectivity index (χ0v) is 12.2. The van der Waals surface area contributed by atoms with Crippen molar-refractivity contribution >= 4 is 17.5 Å². The number of rotatable bonds is 4. The van der Waals surface area contributed by atoms with Crippen LogP contribution in [0.3, 0.4) is 0 Å². The van der Waals surface area contributed by atoms with Crippen molar-refractivity contribution in [2.24, 2.45) is 0 Å². The van der Waals surface area contributed by atoms with Crippen LogP contribution in [0.15, 0.2) is 48.5 Å². The first-order chi connectivity index (χ1) is 9.56. The Morgan fingerprint density at radius 3 is 2.60 bits per heavy atom. The van der Waals surface area contributed by atoms with Crippen LogP contribution in [0.1, 0.15) is 15.9 Å². The lowest BCUT2D eigenvalue weighted by atomic mass is 10.2. The Morgan fingerprint density at radius 1 is 1.15 bits per heavy atom. The van der Waals surface area contributed by atoms with Gasteiger partial charge in [0.05, 0.1) is 0 Å². The van der Waals surface area contributed by atoms with E-state index in [1.54, 1.807) is 26.2 Å². The van der Waals surface area contributed by atoms with E-state index in [9.17, 15) is 4.79 Å². The highest BCUT2D eigenvalue weighted by molar-refractivity contribution is 6.30.